The van der Waals surface area contributed by atoms with Gasteiger partial charge in [-0.25, -0.2) is 9.67 Å². The van der Waals surface area contributed by atoms with Crippen LogP contribution in [-0.2, 0) is 0 Å². The molecule has 4 rings (SSSR count). The molecule has 0 saturated heterocycles. The van der Waals surface area contributed by atoms with E-state index in [1.165, 1.54) is 11.1 Å². The van der Waals surface area contributed by atoms with E-state index in [0.717, 1.165) is 22.4 Å². The van der Waals surface area contributed by atoms with Gasteiger partial charge in [0.1, 0.15) is 5.52 Å². The SMILES string of the molecule is Cc1cc(C)cc(-n2cc(-c3nc4ccccc4o3)cn2)c1. The molecule has 108 valence electrons. The first kappa shape index (κ1) is 12.8. The maximum atomic E-state index is 5.79. The predicted octanol–water partition coefficient (Wildman–Crippen LogP) is 4.30. The molecule has 4 nitrogen and oxygen atoms in total. The molecule has 0 aliphatic heterocycles. The van der Waals surface area contributed by atoms with Gasteiger partial charge in [0.15, 0.2) is 5.58 Å². The molecule has 0 bridgehead atoms. The molecule has 4 heteroatoms. The van der Waals surface area contributed by atoms with Crippen molar-refractivity contribution in [2.24, 2.45) is 0 Å². The Morgan fingerprint density at radius 3 is 2.55 bits per heavy atom. The van der Waals surface area contributed by atoms with Crippen molar-refractivity contribution in [1.82, 2.24) is 14.8 Å². The number of oxazole rings is 1. The summed E-state index contributed by atoms with van der Waals surface area (Å²) in [5.74, 6) is 0.594. The van der Waals surface area contributed by atoms with E-state index in [-0.39, 0.29) is 0 Å². The van der Waals surface area contributed by atoms with Crippen LogP contribution in [0, 0.1) is 13.8 Å². The Kier molecular flexibility index (Phi) is 2.82. The molecule has 0 radical (unpaired) electrons. The van der Waals surface area contributed by atoms with E-state index < -0.39 is 0 Å². The third-order valence-corrected chi connectivity index (χ3v) is 3.59. The van der Waals surface area contributed by atoms with E-state index in [4.69, 9.17) is 4.42 Å². The highest BCUT2D eigenvalue weighted by molar-refractivity contribution is 5.75. The second kappa shape index (κ2) is 4.84. The van der Waals surface area contributed by atoms with Gasteiger partial charge in [0, 0.05) is 6.20 Å². The van der Waals surface area contributed by atoms with Crippen molar-refractivity contribution >= 4 is 11.1 Å². The Labute approximate surface area is 128 Å². The second-order valence-electron chi connectivity index (χ2n) is 5.51. The average molecular weight is 289 g/mol. The van der Waals surface area contributed by atoms with Gasteiger partial charge in [0.25, 0.3) is 0 Å². The van der Waals surface area contributed by atoms with Gasteiger partial charge < -0.3 is 4.42 Å². The molecule has 2 aromatic carbocycles. The number of aryl methyl sites for hydroxylation is 2. The molecule has 0 amide bonds. The molecular weight excluding hydrogens is 274 g/mol. The van der Waals surface area contributed by atoms with Gasteiger partial charge in [-0.05, 0) is 49.2 Å². The van der Waals surface area contributed by atoms with Crippen LogP contribution in [0.5, 0.6) is 0 Å². The zero-order valence-corrected chi connectivity index (χ0v) is 12.4. The van der Waals surface area contributed by atoms with Crippen molar-refractivity contribution in [1.29, 1.82) is 0 Å². The van der Waals surface area contributed by atoms with Crippen molar-refractivity contribution in [2.45, 2.75) is 13.8 Å². The number of hydrogen-bond acceptors (Lipinski definition) is 3. The molecule has 0 atom stereocenters. The maximum Gasteiger partial charge on any atom is 0.230 e. The fraction of sp³-hybridized carbons (Fsp3) is 0.111. The topological polar surface area (TPSA) is 43.9 Å². The van der Waals surface area contributed by atoms with Gasteiger partial charge in [-0.15, -0.1) is 0 Å². The van der Waals surface area contributed by atoms with Crippen molar-refractivity contribution in [3.05, 3.63) is 66.0 Å². The zero-order chi connectivity index (χ0) is 15.1. The fourth-order valence-electron chi connectivity index (χ4n) is 2.65. The fourth-order valence-corrected chi connectivity index (χ4v) is 2.65. The molecule has 4 aromatic rings. The Bertz CT molecular complexity index is 912. The number of hydrogen-bond donors (Lipinski definition) is 0. The molecule has 0 spiro atoms. The van der Waals surface area contributed by atoms with Crippen molar-refractivity contribution < 1.29 is 4.42 Å². The van der Waals surface area contributed by atoms with Crippen LogP contribution in [0.3, 0.4) is 0 Å². The summed E-state index contributed by atoms with van der Waals surface area (Å²) < 4.78 is 7.64. The second-order valence-corrected chi connectivity index (χ2v) is 5.51. The lowest BCUT2D eigenvalue weighted by Gasteiger charge is -2.04. The first-order valence-electron chi connectivity index (χ1n) is 7.18. The monoisotopic (exact) mass is 289 g/mol. The molecule has 0 saturated carbocycles. The minimum atomic E-state index is 0.594. The Balaban J connectivity index is 1.77. The largest absolute Gasteiger partial charge is 0.436 e. The quantitative estimate of drug-likeness (QED) is 0.552. The summed E-state index contributed by atoms with van der Waals surface area (Å²) in [7, 11) is 0. The average Bonchev–Trinajstić information content (AvgIpc) is 3.13. The maximum absolute atomic E-state index is 5.79. The summed E-state index contributed by atoms with van der Waals surface area (Å²) >= 11 is 0. The number of para-hydroxylation sites is 2. The lowest BCUT2D eigenvalue weighted by atomic mass is 10.1. The van der Waals surface area contributed by atoms with E-state index in [0.29, 0.717) is 5.89 Å². The van der Waals surface area contributed by atoms with E-state index in [1.807, 2.05) is 35.1 Å². The third-order valence-electron chi connectivity index (χ3n) is 3.59. The molecule has 0 N–H and O–H groups in total. The highest BCUT2D eigenvalue weighted by Gasteiger charge is 2.10. The number of aromatic nitrogens is 3. The Hall–Kier alpha value is -2.88. The van der Waals surface area contributed by atoms with E-state index in [9.17, 15) is 0 Å². The summed E-state index contributed by atoms with van der Waals surface area (Å²) in [5, 5.41) is 4.43. The van der Waals surface area contributed by atoms with Crippen LogP contribution >= 0.6 is 0 Å². The van der Waals surface area contributed by atoms with Gasteiger partial charge in [0.2, 0.25) is 5.89 Å². The van der Waals surface area contributed by atoms with Gasteiger partial charge in [-0.1, -0.05) is 18.2 Å². The molecule has 0 unspecified atom stereocenters. The van der Waals surface area contributed by atoms with Crippen LogP contribution in [0.2, 0.25) is 0 Å². The molecule has 0 aliphatic rings. The van der Waals surface area contributed by atoms with Crippen molar-refractivity contribution in [3.8, 4) is 17.1 Å². The molecule has 2 aromatic heterocycles. The van der Waals surface area contributed by atoms with Crippen LogP contribution in [0.15, 0.2) is 59.3 Å². The van der Waals surface area contributed by atoms with Gasteiger partial charge in [0.05, 0.1) is 17.4 Å². The minimum absolute atomic E-state index is 0.594. The van der Waals surface area contributed by atoms with Gasteiger partial charge in [-0.2, -0.15) is 5.10 Å². The highest BCUT2D eigenvalue weighted by Crippen LogP contribution is 2.24. The lowest BCUT2D eigenvalue weighted by molar-refractivity contribution is 0.620. The smallest absolute Gasteiger partial charge is 0.230 e. The normalized spacial score (nSPS) is 11.2. The summed E-state index contributed by atoms with van der Waals surface area (Å²) in [4.78, 5) is 4.51. The van der Waals surface area contributed by atoms with Crippen LogP contribution in [0.25, 0.3) is 28.2 Å². The summed E-state index contributed by atoms with van der Waals surface area (Å²) in [6.45, 7) is 4.17. The summed E-state index contributed by atoms with van der Waals surface area (Å²) in [6.07, 6.45) is 3.72. The minimum Gasteiger partial charge on any atom is -0.436 e. The van der Waals surface area contributed by atoms with E-state index in [1.54, 1.807) is 6.20 Å². The number of fused-ring (bicyclic) bond motifs is 1. The van der Waals surface area contributed by atoms with Crippen LogP contribution in [0.1, 0.15) is 11.1 Å². The predicted molar refractivity (Wildman–Crippen MR) is 86.0 cm³/mol. The Morgan fingerprint density at radius 1 is 1.00 bits per heavy atom. The number of nitrogens with zero attached hydrogens (tertiary/aromatic N) is 3. The summed E-state index contributed by atoms with van der Waals surface area (Å²) in [5.41, 5.74) is 5.99. The molecule has 22 heavy (non-hydrogen) atoms. The van der Waals surface area contributed by atoms with Crippen molar-refractivity contribution in [3.63, 3.8) is 0 Å². The van der Waals surface area contributed by atoms with Crippen LogP contribution in [-0.4, -0.2) is 14.8 Å². The van der Waals surface area contributed by atoms with E-state index >= 15 is 0 Å². The van der Waals surface area contributed by atoms with E-state index in [2.05, 4.69) is 42.1 Å². The first-order chi connectivity index (χ1) is 10.7. The third kappa shape index (κ3) is 2.19. The number of rotatable bonds is 2. The molecule has 2 heterocycles. The number of benzene rings is 2. The Morgan fingerprint density at radius 2 is 1.77 bits per heavy atom. The van der Waals surface area contributed by atoms with Gasteiger partial charge >= 0.3 is 0 Å². The highest BCUT2D eigenvalue weighted by atomic mass is 16.3. The van der Waals surface area contributed by atoms with Crippen molar-refractivity contribution in [2.75, 3.05) is 0 Å². The van der Waals surface area contributed by atoms with Crippen LogP contribution in [0.4, 0.5) is 0 Å². The molecular formula is C18H15N3O. The first-order valence-corrected chi connectivity index (χ1v) is 7.18. The molecule has 0 fully saturated rings. The standard InChI is InChI=1S/C18H15N3O/c1-12-7-13(2)9-15(8-12)21-11-14(10-19-21)18-20-16-5-3-4-6-17(16)22-18/h3-11H,1-2H3. The molecule has 0 aliphatic carbocycles. The summed E-state index contributed by atoms with van der Waals surface area (Å²) in [6, 6.07) is 14.1. The van der Waals surface area contributed by atoms with Crippen LogP contribution < -0.4 is 0 Å². The lowest BCUT2D eigenvalue weighted by Crippen LogP contribution is -1.95. The zero-order valence-electron chi connectivity index (χ0n) is 12.4. The van der Waals surface area contributed by atoms with Gasteiger partial charge in [-0.3, -0.25) is 0 Å².